The van der Waals surface area contributed by atoms with E-state index >= 15 is 0 Å². The van der Waals surface area contributed by atoms with Crippen LogP contribution in [-0.2, 0) is 0 Å². The summed E-state index contributed by atoms with van der Waals surface area (Å²) >= 11 is 0. The molecule has 26 heavy (non-hydrogen) atoms. The summed E-state index contributed by atoms with van der Waals surface area (Å²) in [4.78, 5) is 12.6. The molecule has 5 nitrogen and oxygen atoms in total. The molecule has 0 radical (unpaired) electrons. The highest BCUT2D eigenvalue weighted by Crippen LogP contribution is 2.33. The van der Waals surface area contributed by atoms with E-state index < -0.39 is 0 Å². The van der Waals surface area contributed by atoms with Crippen LogP contribution in [-0.4, -0.2) is 33.8 Å². The molecule has 5 heteroatoms. The Morgan fingerprint density at radius 2 is 1.58 bits per heavy atom. The number of benzene rings is 2. The standard InChI is InChI=1S/C21H27NO4/c1-14(2)17(15-10-11-19(25-4)20(12-15)26-5)13-22-21(23)16-8-6-7-9-18(16)24-3/h6-12,14,17H,13H2,1-5H3,(H,22,23). The lowest BCUT2D eigenvalue weighted by atomic mass is 9.88. The SMILES string of the molecule is COc1ccc(C(CNC(=O)c2ccccc2OC)C(C)C)cc1OC. The lowest BCUT2D eigenvalue weighted by molar-refractivity contribution is 0.0946. The number of rotatable bonds is 8. The van der Waals surface area contributed by atoms with Crippen molar-refractivity contribution in [3.63, 3.8) is 0 Å². The van der Waals surface area contributed by atoms with Gasteiger partial charge in [0.15, 0.2) is 11.5 Å². The Hall–Kier alpha value is -2.69. The fraction of sp³-hybridized carbons (Fsp3) is 0.381. The van der Waals surface area contributed by atoms with Gasteiger partial charge >= 0.3 is 0 Å². The fourth-order valence-electron chi connectivity index (χ4n) is 2.95. The van der Waals surface area contributed by atoms with Crippen molar-refractivity contribution in [2.75, 3.05) is 27.9 Å². The largest absolute Gasteiger partial charge is 0.496 e. The zero-order valence-corrected chi connectivity index (χ0v) is 16.0. The Morgan fingerprint density at radius 3 is 2.19 bits per heavy atom. The first kappa shape index (κ1) is 19.6. The monoisotopic (exact) mass is 357 g/mol. The molecule has 0 spiro atoms. The summed E-state index contributed by atoms with van der Waals surface area (Å²) in [6.07, 6.45) is 0. The lowest BCUT2D eigenvalue weighted by Gasteiger charge is -2.23. The molecular formula is C21H27NO4. The maximum absolute atomic E-state index is 12.6. The molecule has 140 valence electrons. The van der Waals surface area contributed by atoms with Crippen molar-refractivity contribution in [3.05, 3.63) is 53.6 Å². The minimum Gasteiger partial charge on any atom is -0.496 e. The molecule has 0 aliphatic rings. The van der Waals surface area contributed by atoms with Crippen LogP contribution >= 0.6 is 0 Å². The minimum absolute atomic E-state index is 0.145. The van der Waals surface area contributed by atoms with Crippen LogP contribution in [0.4, 0.5) is 0 Å². The van der Waals surface area contributed by atoms with Gasteiger partial charge in [0.1, 0.15) is 5.75 Å². The van der Waals surface area contributed by atoms with Gasteiger partial charge in [0, 0.05) is 12.5 Å². The van der Waals surface area contributed by atoms with Crippen molar-refractivity contribution >= 4 is 5.91 Å². The zero-order chi connectivity index (χ0) is 19.1. The van der Waals surface area contributed by atoms with Gasteiger partial charge in [0.05, 0.1) is 26.9 Å². The quantitative estimate of drug-likeness (QED) is 0.779. The summed E-state index contributed by atoms with van der Waals surface area (Å²) in [6.45, 7) is 4.79. The first-order chi connectivity index (χ1) is 12.5. The van der Waals surface area contributed by atoms with E-state index in [1.54, 1.807) is 33.5 Å². The van der Waals surface area contributed by atoms with Gasteiger partial charge in [-0.2, -0.15) is 0 Å². The van der Waals surface area contributed by atoms with Crippen molar-refractivity contribution in [1.82, 2.24) is 5.32 Å². The smallest absolute Gasteiger partial charge is 0.255 e. The molecule has 2 aromatic rings. The summed E-state index contributed by atoms with van der Waals surface area (Å²) in [7, 11) is 4.80. The van der Waals surface area contributed by atoms with Gasteiger partial charge in [-0.3, -0.25) is 4.79 Å². The number of methoxy groups -OCH3 is 3. The number of ether oxygens (including phenoxy) is 3. The molecule has 2 aromatic carbocycles. The topological polar surface area (TPSA) is 56.8 Å². The molecule has 1 amide bonds. The Balaban J connectivity index is 2.17. The Kier molecular flexibility index (Phi) is 6.89. The van der Waals surface area contributed by atoms with Crippen molar-refractivity contribution in [3.8, 4) is 17.2 Å². The van der Waals surface area contributed by atoms with Gasteiger partial charge in [-0.25, -0.2) is 0 Å². The number of hydrogen-bond acceptors (Lipinski definition) is 4. The molecule has 0 saturated carbocycles. The van der Waals surface area contributed by atoms with Crippen molar-refractivity contribution in [2.24, 2.45) is 5.92 Å². The van der Waals surface area contributed by atoms with Gasteiger partial charge < -0.3 is 19.5 Å². The second kappa shape index (κ2) is 9.13. The molecule has 1 N–H and O–H groups in total. The van der Waals surface area contributed by atoms with E-state index in [9.17, 15) is 4.79 Å². The normalized spacial score (nSPS) is 11.8. The Labute approximate surface area is 155 Å². The van der Waals surface area contributed by atoms with Crippen molar-refractivity contribution in [1.29, 1.82) is 0 Å². The van der Waals surface area contributed by atoms with Crippen LogP contribution in [0, 0.1) is 5.92 Å². The molecular weight excluding hydrogens is 330 g/mol. The van der Waals surface area contributed by atoms with E-state index in [0.29, 0.717) is 35.3 Å². The third kappa shape index (κ3) is 4.48. The summed E-state index contributed by atoms with van der Waals surface area (Å²) < 4.78 is 16.0. The number of nitrogens with one attached hydrogen (secondary N) is 1. The fourth-order valence-corrected chi connectivity index (χ4v) is 2.95. The third-order valence-corrected chi connectivity index (χ3v) is 4.47. The summed E-state index contributed by atoms with van der Waals surface area (Å²) in [5, 5.41) is 3.03. The van der Waals surface area contributed by atoms with Crippen LogP contribution in [0.2, 0.25) is 0 Å². The van der Waals surface area contributed by atoms with Crippen LogP contribution in [0.1, 0.15) is 35.7 Å². The molecule has 1 atom stereocenters. The van der Waals surface area contributed by atoms with Gasteiger partial charge in [-0.15, -0.1) is 0 Å². The van der Waals surface area contributed by atoms with E-state index in [2.05, 4.69) is 19.2 Å². The number of carbonyl (C=O) groups is 1. The highest BCUT2D eigenvalue weighted by atomic mass is 16.5. The average molecular weight is 357 g/mol. The van der Waals surface area contributed by atoms with E-state index in [1.165, 1.54) is 0 Å². The molecule has 0 aromatic heterocycles. The molecule has 0 fully saturated rings. The van der Waals surface area contributed by atoms with Gasteiger partial charge in [0.2, 0.25) is 0 Å². The Bertz CT molecular complexity index is 743. The summed E-state index contributed by atoms with van der Waals surface area (Å²) in [5.74, 6) is 2.29. The van der Waals surface area contributed by atoms with Crippen LogP contribution in [0.5, 0.6) is 17.2 Å². The number of hydrogen-bond donors (Lipinski definition) is 1. The predicted molar refractivity (Wildman–Crippen MR) is 102 cm³/mol. The number of carbonyl (C=O) groups excluding carboxylic acids is 1. The van der Waals surface area contributed by atoms with E-state index in [0.717, 1.165) is 5.56 Å². The second-order valence-corrected chi connectivity index (χ2v) is 6.38. The van der Waals surface area contributed by atoms with Crippen LogP contribution in [0.3, 0.4) is 0 Å². The molecule has 0 aliphatic carbocycles. The highest BCUT2D eigenvalue weighted by molar-refractivity contribution is 5.96. The third-order valence-electron chi connectivity index (χ3n) is 4.47. The molecule has 0 bridgehead atoms. The van der Waals surface area contributed by atoms with Crippen LogP contribution in [0.25, 0.3) is 0 Å². The molecule has 0 heterocycles. The average Bonchev–Trinajstić information content (AvgIpc) is 2.67. The van der Waals surface area contributed by atoms with E-state index in [1.807, 2.05) is 30.3 Å². The van der Waals surface area contributed by atoms with Gasteiger partial charge in [-0.05, 0) is 35.7 Å². The molecule has 2 rings (SSSR count). The molecule has 0 saturated heterocycles. The number of para-hydroxylation sites is 1. The second-order valence-electron chi connectivity index (χ2n) is 6.38. The van der Waals surface area contributed by atoms with Gasteiger partial charge in [0.25, 0.3) is 5.91 Å². The lowest BCUT2D eigenvalue weighted by Crippen LogP contribution is -2.30. The minimum atomic E-state index is -0.145. The zero-order valence-electron chi connectivity index (χ0n) is 16.0. The van der Waals surface area contributed by atoms with E-state index in [4.69, 9.17) is 14.2 Å². The first-order valence-electron chi connectivity index (χ1n) is 8.65. The van der Waals surface area contributed by atoms with Gasteiger partial charge in [-0.1, -0.05) is 32.0 Å². The summed E-state index contributed by atoms with van der Waals surface area (Å²) in [5.41, 5.74) is 1.63. The first-order valence-corrected chi connectivity index (χ1v) is 8.65. The molecule has 0 aliphatic heterocycles. The van der Waals surface area contributed by atoms with E-state index in [-0.39, 0.29) is 11.8 Å². The summed E-state index contributed by atoms with van der Waals surface area (Å²) in [6, 6.07) is 13.1. The van der Waals surface area contributed by atoms with Crippen LogP contribution < -0.4 is 19.5 Å². The van der Waals surface area contributed by atoms with Crippen molar-refractivity contribution < 1.29 is 19.0 Å². The molecule has 1 unspecified atom stereocenters. The maximum atomic E-state index is 12.6. The predicted octanol–water partition coefficient (Wildman–Crippen LogP) is 3.88. The highest BCUT2D eigenvalue weighted by Gasteiger charge is 2.20. The maximum Gasteiger partial charge on any atom is 0.255 e. The van der Waals surface area contributed by atoms with Crippen LogP contribution in [0.15, 0.2) is 42.5 Å². The number of amides is 1. The van der Waals surface area contributed by atoms with Crippen molar-refractivity contribution in [2.45, 2.75) is 19.8 Å². The Morgan fingerprint density at radius 1 is 0.923 bits per heavy atom.